The zero-order valence-electron chi connectivity index (χ0n) is 15.7. The van der Waals surface area contributed by atoms with Crippen LogP contribution in [0, 0.1) is 0 Å². The summed E-state index contributed by atoms with van der Waals surface area (Å²) in [6, 6.07) is 29.4. The molecule has 2 heteroatoms. The van der Waals surface area contributed by atoms with Crippen molar-refractivity contribution in [3.63, 3.8) is 0 Å². The molecule has 0 aliphatic heterocycles. The van der Waals surface area contributed by atoms with Gasteiger partial charge in [0, 0.05) is 19.4 Å². The molecule has 1 aliphatic rings. The van der Waals surface area contributed by atoms with Crippen molar-refractivity contribution in [3.8, 4) is 0 Å². The lowest BCUT2D eigenvalue weighted by Crippen LogP contribution is -2.31. The van der Waals surface area contributed by atoms with Crippen molar-refractivity contribution >= 4 is 5.91 Å². The number of aryl methyl sites for hydroxylation is 1. The molecule has 27 heavy (non-hydrogen) atoms. The van der Waals surface area contributed by atoms with Crippen molar-refractivity contribution in [2.45, 2.75) is 31.2 Å². The van der Waals surface area contributed by atoms with Crippen molar-refractivity contribution in [2.75, 3.05) is 7.05 Å². The highest BCUT2D eigenvalue weighted by Gasteiger charge is 2.29. The highest BCUT2D eigenvalue weighted by Crippen LogP contribution is 2.36. The summed E-state index contributed by atoms with van der Waals surface area (Å²) in [4.78, 5) is 15.2. The molecule has 0 radical (unpaired) electrons. The fourth-order valence-electron chi connectivity index (χ4n) is 4.23. The first-order valence-corrected chi connectivity index (χ1v) is 9.67. The molecule has 0 fully saturated rings. The molecule has 0 saturated carbocycles. The maximum absolute atomic E-state index is 13.2. The topological polar surface area (TPSA) is 20.3 Å². The molecule has 1 atom stereocenters. The highest BCUT2D eigenvalue weighted by molar-refractivity contribution is 5.78. The molecule has 1 amide bonds. The third-order valence-electron chi connectivity index (χ3n) is 5.74. The monoisotopic (exact) mass is 355 g/mol. The van der Waals surface area contributed by atoms with Gasteiger partial charge < -0.3 is 4.90 Å². The SMILES string of the molecule is CN(C(=O)CC(c1ccccc1)c1ccccc1)[C@H]1CCc2ccccc21. The van der Waals surface area contributed by atoms with E-state index in [1.54, 1.807) is 0 Å². The molecular formula is C25H25NO. The van der Waals surface area contributed by atoms with E-state index in [0.717, 1.165) is 12.8 Å². The Morgan fingerprint density at radius 1 is 0.889 bits per heavy atom. The van der Waals surface area contributed by atoms with Crippen LogP contribution in [-0.2, 0) is 11.2 Å². The first kappa shape index (κ1) is 17.5. The van der Waals surface area contributed by atoms with Gasteiger partial charge in [0.15, 0.2) is 0 Å². The van der Waals surface area contributed by atoms with Gasteiger partial charge in [0.25, 0.3) is 0 Å². The molecule has 1 aliphatic carbocycles. The van der Waals surface area contributed by atoms with Gasteiger partial charge in [0.05, 0.1) is 6.04 Å². The average Bonchev–Trinajstić information content (AvgIpc) is 3.16. The van der Waals surface area contributed by atoms with Crippen molar-refractivity contribution in [1.82, 2.24) is 4.90 Å². The maximum atomic E-state index is 13.2. The highest BCUT2D eigenvalue weighted by atomic mass is 16.2. The van der Waals surface area contributed by atoms with Crippen LogP contribution in [0.4, 0.5) is 0 Å². The summed E-state index contributed by atoms with van der Waals surface area (Å²) in [7, 11) is 1.96. The van der Waals surface area contributed by atoms with Gasteiger partial charge in [-0.1, -0.05) is 84.9 Å². The Kier molecular flexibility index (Phi) is 5.06. The fraction of sp³-hybridized carbons (Fsp3) is 0.240. The minimum absolute atomic E-state index is 0.0824. The van der Waals surface area contributed by atoms with Crippen LogP contribution < -0.4 is 0 Å². The van der Waals surface area contributed by atoms with Gasteiger partial charge in [-0.15, -0.1) is 0 Å². The standard InChI is InChI=1S/C25H25NO/c1-26(24-17-16-21-14-8-9-15-22(21)24)25(27)18-23(19-10-4-2-5-11-19)20-12-6-3-7-13-20/h2-15,23-24H,16-18H2,1H3/t24-/m0/s1. The van der Waals surface area contributed by atoms with Crippen molar-refractivity contribution in [2.24, 2.45) is 0 Å². The van der Waals surface area contributed by atoms with Gasteiger partial charge in [-0.05, 0) is 35.1 Å². The zero-order chi connectivity index (χ0) is 18.6. The molecule has 0 unspecified atom stereocenters. The quantitative estimate of drug-likeness (QED) is 0.604. The predicted molar refractivity (Wildman–Crippen MR) is 110 cm³/mol. The summed E-state index contributed by atoms with van der Waals surface area (Å²) in [5.74, 6) is 0.286. The Bertz CT molecular complexity index is 864. The van der Waals surface area contributed by atoms with E-state index in [2.05, 4.69) is 48.5 Å². The number of carbonyl (C=O) groups is 1. The Morgan fingerprint density at radius 3 is 2.07 bits per heavy atom. The number of fused-ring (bicyclic) bond motifs is 1. The molecule has 0 saturated heterocycles. The zero-order valence-corrected chi connectivity index (χ0v) is 15.7. The molecule has 0 N–H and O–H groups in total. The number of nitrogens with zero attached hydrogens (tertiary/aromatic N) is 1. The van der Waals surface area contributed by atoms with E-state index >= 15 is 0 Å². The molecule has 2 nitrogen and oxygen atoms in total. The second kappa shape index (κ2) is 7.79. The largest absolute Gasteiger partial charge is 0.339 e. The van der Waals surface area contributed by atoms with E-state index in [1.165, 1.54) is 22.3 Å². The normalized spacial score (nSPS) is 15.6. The van der Waals surface area contributed by atoms with E-state index in [4.69, 9.17) is 0 Å². The molecule has 136 valence electrons. The first-order valence-electron chi connectivity index (χ1n) is 9.67. The lowest BCUT2D eigenvalue weighted by atomic mass is 9.88. The predicted octanol–water partition coefficient (Wildman–Crippen LogP) is 5.35. The van der Waals surface area contributed by atoms with Gasteiger partial charge in [0.1, 0.15) is 0 Å². The van der Waals surface area contributed by atoms with Crippen LogP contribution in [-0.4, -0.2) is 17.9 Å². The fourth-order valence-corrected chi connectivity index (χ4v) is 4.23. The van der Waals surface area contributed by atoms with Gasteiger partial charge in [0.2, 0.25) is 5.91 Å². The van der Waals surface area contributed by atoms with E-state index in [1.807, 2.05) is 48.3 Å². The summed E-state index contributed by atoms with van der Waals surface area (Å²) in [6.45, 7) is 0. The van der Waals surface area contributed by atoms with Gasteiger partial charge in [-0.25, -0.2) is 0 Å². The number of carbonyl (C=O) groups excluding carboxylic acids is 1. The summed E-state index contributed by atoms with van der Waals surface area (Å²) in [6.07, 6.45) is 2.56. The van der Waals surface area contributed by atoms with Gasteiger partial charge in [-0.2, -0.15) is 0 Å². The number of rotatable bonds is 5. The van der Waals surface area contributed by atoms with E-state index < -0.39 is 0 Å². The second-order valence-corrected chi connectivity index (χ2v) is 7.34. The van der Waals surface area contributed by atoms with Crippen LogP contribution in [0.5, 0.6) is 0 Å². The van der Waals surface area contributed by atoms with Crippen molar-refractivity contribution < 1.29 is 4.79 Å². The van der Waals surface area contributed by atoms with Crippen LogP contribution in [0.3, 0.4) is 0 Å². The Morgan fingerprint density at radius 2 is 1.44 bits per heavy atom. The van der Waals surface area contributed by atoms with Gasteiger partial charge >= 0.3 is 0 Å². The minimum Gasteiger partial charge on any atom is -0.339 e. The molecule has 0 aromatic heterocycles. The van der Waals surface area contributed by atoms with E-state index in [9.17, 15) is 4.79 Å². The first-order chi connectivity index (χ1) is 13.2. The smallest absolute Gasteiger partial charge is 0.223 e. The van der Waals surface area contributed by atoms with Crippen molar-refractivity contribution in [1.29, 1.82) is 0 Å². The summed E-state index contributed by atoms with van der Waals surface area (Å²) >= 11 is 0. The molecule has 0 bridgehead atoms. The molecule has 0 heterocycles. The van der Waals surface area contributed by atoms with Crippen LogP contribution in [0.2, 0.25) is 0 Å². The number of hydrogen-bond acceptors (Lipinski definition) is 1. The minimum atomic E-state index is 0.0824. The summed E-state index contributed by atoms with van der Waals surface area (Å²) in [5.41, 5.74) is 5.07. The molecule has 4 rings (SSSR count). The molecule has 3 aromatic rings. The Hall–Kier alpha value is -2.87. The number of benzene rings is 3. The third kappa shape index (κ3) is 3.66. The van der Waals surface area contributed by atoms with Crippen LogP contribution in [0.15, 0.2) is 84.9 Å². The third-order valence-corrected chi connectivity index (χ3v) is 5.74. The lowest BCUT2D eigenvalue weighted by molar-refractivity contribution is -0.132. The van der Waals surface area contributed by atoms with E-state index in [-0.39, 0.29) is 17.9 Å². The number of amides is 1. The van der Waals surface area contributed by atoms with Crippen LogP contribution in [0.1, 0.15) is 47.1 Å². The maximum Gasteiger partial charge on any atom is 0.223 e. The number of hydrogen-bond donors (Lipinski definition) is 0. The molecule has 0 spiro atoms. The molecule has 3 aromatic carbocycles. The summed E-state index contributed by atoms with van der Waals surface area (Å²) < 4.78 is 0. The van der Waals surface area contributed by atoms with Crippen molar-refractivity contribution in [3.05, 3.63) is 107 Å². The Labute approximate surface area is 161 Å². The average molecular weight is 355 g/mol. The summed E-state index contributed by atoms with van der Waals surface area (Å²) in [5, 5.41) is 0. The Balaban J connectivity index is 1.57. The second-order valence-electron chi connectivity index (χ2n) is 7.34. The van der Waals surface area contributed by atoms with Gasteiger partial charge in [-0.3, -0.25) is 4.79 Å². The molecular weight excluding hydrogens is 330 g/mol. The van der Waals surface area contributed by atoms with Crippen LogP contribution in [0.25, 0.3) is 0 Å². The van der Waals surface area contributed by atoms with E-state index in [0.29, 0.717) is 6.42 Å². The van der Waals surface area contributed by atoms with Crippen LogP contribution >= 0.6 is 0 Å². The lowest BCUT2D eigenvalue weighted by Gasteiger charge is -2.28.